The molecule has 1 N–H and O–H groups in total. The van der Waals surface area contributed by atoms with E-state index in [1.165, 1.54) is 18.2 Å². The molecule has 0 spiro atoms. The number of fused-ring (bicyclic) bond motifs is 5. The standard InChI is InChI=1S/C26H28N2O5S/c1-26(2,3)16-11-12-24-21(13-16)22-15-23(19-9-4-5-10-20(19)25(22)33-24)27-34(31,32)18-8-6-7-17(14-18)28(29)30/h4-10,14-16,21,24,27H,11-13H2,1-3H3/t16-,21-,24+/m1/s1. The third kappa shape index (κ3) is 3.90. The van der Waals surface area contributed by atoms with Crippen LogP contribution in [0.25, 0.3) is 10.8 Å². The van der Waals surface area contributed by atoms with E-state index in [-0.39, 0.29) is 28.0 Å². The zero-order valence-electron chi connectivity index (χ0n) is 19.4. The van der Waals surface area contributed by atoms with Gasteiger partial charge in [-0.1, -0.05) is 51.1 Å². The summed E-state index contributed by atoms with van der Waals surface area (Å²) in [6, 6.07) is 14.6. The Morgan fingerprint density at radius 2 is 1.76 bits per heavy atom. The van der Waals surface area contributed by atoms with Crippen molar-refractivity contribution in [2.24, 2.45) is 11.3 Å². The van der Waals surface area contributed by atoms with Gasteiger partial charge in [-0.15, -0.1) is 0 Å². The molecule has 1 aliphatic carbocycles. The van der Waals surface area contributed by atoms with E-state index in [1.54, 1.807) is 0 Å². The molecule has 7 nitrogen and oxygen atoms in total. The van der Waals surface area contributed by atoms with Crippen LogP contribution in [0.1, 0.15) is 51.5 Å². The van der Waals surface area contributed by atoms with Crippen molar-refractivity contribution < 1.29 is 18.1 Å². The molecule has 3 aromatic rings. The summed E-state index contributed by atoms with van der Waals surface area (Å²) in [6.07, 6.45) is 3.18. The van der Waals surface area contributed by atoms with Gasteiger partial charge in [0, 0.05) is 34.4 Å². The molecule has 178 valence electrons. The SMILES string of the molecule is CC(C)(C)[C@@H]1CC[C@@H]2Oc3c(cc(NS(=O)(=O)c4cccc([N+](=O)[O-])c4)c4ccccc34)[C@H]2C1. The van der Waals surface area contributed by atoms with Crippen LogP contribution in [-0.2, 0) is 10.0 Å². The summed E-state index contributed by atoms with van der Waals surface area (Å²) in [5.41, 5.74) is 1.42. The number of hydrogen-bond donors (Lipinski definition) is 1. The summed E-state index contributed by atoms with van der Waals surface area (Å²) in [5.74, 6) is 1.61. The number of hydrogen-bond acceptors (Lipinski definition) is 5. The average molecular weight is 481 g/mol. The van der Waals surface area contributed by atoms with Crippen LogP contribution in [-0.4, -0.2) is 19.4 Å². The lowest BCUT2D eigenvalue weighted by Gasteiger charge is -2.38. The van der Waals surface area contributed by atoms with E-state index >= 15 is 0 Å². The molecule has 0 radical (unpaired) electrons. The molecule has 0 unspecified atom stereocenters. The second kappa shape index (κ2) is 7.98. The lowest BCUT2D eigenvalue weighted by Crippen LogP contribution is -2.33. The molecule has 0 bridgehead atoms. The van der Waals surface area contributed by atoms with Crippen LogP contribution in [0.2, 0.25) is 0 Å². The highest BCUT2D eigenvalue weighted by molar-refractivity contribution is 7.92. The fourth-order valence-electron chi connectivity index (χ4n) is 5.38. The topological polar surface area (TPSA) is 98.5 Å². The van der Waals surface area contributed by atoms with E-state index in [4.69, 9.17) is 4.74 Å². The lowest BCUT2D eigenvalue weighted by molar-refractivity contribution is -0.385. The maximum Gasteiger partial charge on any atom is 0.270 e. The van der Waals surface area contributed by atoms with Crippen LogP contribution in [0.15, 0.2) is 59.5 Å². The van der Waals surface area contributed by atoms with Gasteiger partial charge in [-0.2, -0.15) is 0 Å². The first-order valence-electron chi connectivity index (χ1n) is 11.5. The molecule has 34 heavy (non-hydrogen) atoms. The second-order valence-electron chi connectivity index (χ2n) is 10.4. The third-order valence-corrected chi connectivity index (χ3v) is 8.65. The van der Waals surface area contributed by atoms with E-state index < -0.39 is 14.9 Å². The Bertz CT molecular complexity index is 1390. The molecule has 1 saturated carbocycles. The van der Waals surface area contributed by atoms with Crippen LogP contribution in [0, 0.1) is 21.4 Å². The molecule has 1 heterocycles. The van der Waals surface area contributed by atoms with Gasteiger partial charge in [-0.25, -0.2) is 8.42 Å². The van der Waals surface area contributed by atoms with Crippen molar-refractivity contribution >= 4 is 32.2 Å². The fourth-order valence-corrected chi connectivity index (χ4v) is 6.49. The van der Waals surface area contributed by atoms with Crippen molar-refractivity contribution in [1.29, 1.82) is 0 Å². The number of benzene rings is 3. The number of nitro groups is 1. The molecule has 0 amide bonds. The van der Waals surface area contributed by atoms with Gasteiger partial charge in [0.25, 0.3) is 15.7 Å². The van der Waals surface area contributed by atoms with Gasteiger partial charge in [0.05, 0.1) is 15.5 Å². The molecule has 3 atom stereocenters. The number of sulfonamides is 1. The monoisotopic (exact) mass is 480 g/mol. The Hall–Kier alpha value is -3.13. The van der Waals surface area contributed by atoms with Gasteiger partial charge >= 0.3 is 0 Å². The Morgan fingerprint density at radius 1 is 1.03 bits per heavy atom. The summed E-state index contributed by atoms with van der Waals surface area (Å²) in [5, 5.41) is 12.8. The quantitative estimate of drug-likeness (QED) is 0.352. The van der Waals surface area contributed by atoms with Gasteiger partial charge in [-0.3, -0.25) is 14.8 Å². The van der Waals surface area contributed by atoms with E-state index in [2.05, 4.69) is 25.5 Å². The summed E-state index contributed by atoms with van der Waals surface area (Å²) >= 11 is 0. The summed E-state index contributed by atoms with van der Waals surface area (Å²) in [7, 11) is -4.04. The predicted octanol–water partition coefficient (Wildman–Crippen LogP) is 6.24. The fraction of sp³-hybridized carbons (Fsp3) is 0.385. The highest BCUT2D eigenvalue weighted by Gasteiger charge is 2.43. The van der Waals surface area contributed by atoms with Crippen molar-refractivity contribution in [2.45, 2.75) is 57.0 Å². The molecule has 0 saturated heterocycles. The summed E-state index contributed by atoms with van der Waals surface area (Å²) in [6.45, 7) is 6.81. The van der Waals surface area contributed by atoms with Crippen LogP contribution in [0.3, 0.4) is 0 Å². The summed E-state index contributed by atoms with van der Waals surface area (Å²) < 4.78 is 35.6. The van der Waals surface area contributed by atoms with Crippen molar-refractivity contribution in [3.63, 3.8) is 0 Å². The van der Waals surface area contributed by atoms with Crippen molar-refractivity contribution in [3.8, 4) is 5.75 Å². The van der Waals surface area contributed by atoms with E-state index in [9.17, 15) is 18.5 Å². The minimum Gasteiger partial charge on any atom is -0.489 e. The molecule has 2 aliphatic rings. The number of ether oxygens (including phenoxy) is 1. The van der Waals surface area contributed by atoms with Gasteiger partial charge in [0.1, 0.15) is 11.9 Å². The van der Waals surface area contributed by atoms with Crippen LogP contribution < -0.4 is 9.46 Å². The smallest absolute Gasteiger partial charge is 0.270 e. The highest BCUT2D eigenvalue weighted by Crippen LogP contribution is 2.54. The van der Waals surface area contributed by atoms with E-state index in [0.29, 0.717) is 11.6 Å². The molecule has 3 aromatic carbocycles. The zero-order valence-corrected chi connectivity index (χ0v) is 20.3. The van der Waals surface area contributed by atoms with Crippen LogP contribution in [0.4, 0.5) is 11.4 Å². The lowest BCUT2D eigenvalue weighted by atomic mass is 9.67. The average Bonchev–Trinajstić information content (AvgIpc) is 3.16. The molecular formula is C26H28N2O5S. The molecular weight excluding hydrogens is 452 g/mol. The first-order valence-corrected chi connectivity index (χ1v) is 13.0. The predicted molar refractivity (Wildman–Crippen MR) is 132 cm³/mol. The Kier molecular flexibility index (Phi) is 5.31. The Balaban J connectivity index is 1.58. The number of nitro benzene ring substituents is 1. The van der Waals surface area contributed by atoms with Gasteiger partial charge in [0.15, 0.2) is 0 Å². The maximum absolute atomic E-state index is 13.2. The van der Waals surface area contributed by atoms with Gasteiger partial charge in [0.2, 0.25) is 0 Å². The van der Waals surface area contributed by atoms with E-state index in [1.807, 2.05) is 30.3 Å². The minimum atomic E-state index is -4.04. The first kappa shape index (κ1) is 22.7. The molecule has 1 fully saturated rings. The Morgan fingerprint density at radius 3 is 2.47 bits per heavy atom. The molecule has 8 heteroatoms. The Labute approximate surface area is 199 Å². The van der Waals surface area contributed by atoms with Crippen LogP contribution in [0.5, 0.6) is 5.75 Å². The second-order valence-corrected chi connectivity index (χ2v) is 12.1. The number of nitrogens with zero attached hydrogens (tertiary/aromatic N) is 1. The van der Waals surface area contributed by atoms with Crippen molar-refractivity contribution in [3.05, 3.63) is 70.3 Å². The number of anilines is 1. The molecule has 1 aliphatic heterocycles. The normalized spacial score (nSPS) is 22.0. The zero-order chi connectivity index (χ0) is 24.3. The maximum atomic E-state index is 13.2. The highest BCUT2D eigenvalue weighted by atomic mass is 32.2. The van der Waals surface area contributed by atoms with Gasteiger partial charge in [-0.05, 0) is 42.7 Å². The van der Waals surface area contributed by atoms with Crippen molar-refractivity contribution in [1.82, 2.24) is 0 Å². The minimum absolute atomic E-state index is 0.0978. The number of nitrogens with one attached hydrogen (secondary N) is 1. The van der Waals surface area contributed by atoms with Gasteiger partial charge < -0.3 is 4.74 Å². The molecule has 5 rings (SSSR count). The number of rotatable bonds is 4. The third-order valence-electron chi connectivity index (χ3n) is 7.29. The first-order chi connectivity index (χ1) is 16.0. The van der Waals surface area contributed by atoms with E-state index in [0.717, 1.165) is 47.4 Å². The largest absolute Gasteiger partial charge is 0.489 e. The number of non-ortho nitro benzene ring substituents is 1. The van der Waals surface area contributed by atoms with Crippen molar-refractivity contribution in [2.75, 3.05) is 4.72 Å². The van der Waals surface area contributed by atoms with Crippen LogP contribution >= 0.6 is 0 Å². The molecule has 0 aromatic heterocycles. The summed E-state index contributed by atoms with van der Waals surface area (Å²) in [4.78, 5) is 10.4.